The molecule has 2 nitrogen and oxygen atoms in total. The standard InChI is InChI=1S/C15H25NO/c1(3-7-14-8-5-6-9-14)2-4-10-15-13-16-11-12-17-15/h5,8-9,15-16H,1-4,6-7,10-13H2. The molecular weight excluding hydrogens is 210 g/mol. The van der Waals surface area contributed by atoms with Crippen molar-refractivity contribution in [3.8, 4) is 0 Å². The van der Waals surface area contributed by atoms with Crippen molar-refractivity contribution in [3.63, 3.8) is 0 Å². The Labute approximate surface area is 105 Å². The second kappa shape index (κ2) is 7.67. The van der Waals surface area contributed by atoms with E-state index < -0.39 is 0 Å². The van der Waals surface area contributed by atoms with E-state index in [1.807, 2.05) is 0 Å². The fourth-order valence-corrected chi connectivity index (χ4v) is 2.55. The van der Waals surface area contributed by atoms with Crippen LogP contribution in [0, 0.1) is 0 Å². The van der Waals surface area contributed by atoms with Crippen LogP contribution in [0.15, 0.2) is 23.8 Å². The third-order valence-corrected chi connectivity index (χ3v) is 3.59. The lowest BCUT2D eigenvalue weighted by Crippen LogP contribution is -2.38. The van der Waals surface area contributed by atoms with Gasteiger partial charge in [0.25, 0.3) is 0 Å². The van der Waals surface area contributed by atoms with Gasteiger partial charge in [0.15, 0.2) is 0 Å². The van der Waals surface area contributed by atoms with E-state index in [-0.39, 0.29) is 0 Å². The first kappa shape index (κ1) is 12.8. The summed E-state index contributed by atoms with van der Waals surface area (Å²) in [6.45, 7) is 2.97. The monoisotopic (exact) mass is 235 g/mol. The molecule has 1 heterocycles. The average Bonchev–Trinajstić information content (AvgIpc) is 2.88. The average molecular weight is 235 g/mol. The smallest absolute Gasteiger partial charge is 0.0700 e. The van der Waals surface area contributed by atoms with Crippen LogP contribution in [0.3, 0.4) is 0 Å². The van der Waals surface area contributed by atoms with Crippen molar-refractivity contribution in [2.45, 2.75) is 51.0 Å². The highest BCUT2D eigenvalue weighted by atomic mass is 16.5. The Morgan fingerprint density at radius 3 is 2.94 bits per heavy atom. The van der Waals surface area contributed by atoms with E-state index in [1.54, 1.807) is 5.57 Å². The Morgan fingerprint density at radius 2 is 2.18 bits per heavy atom. The quantitative estimate of drug-likeness (QED) is 0.684. The van der Waals surface area contributed by atoms with E-state index in [2.05, 4.69) is 23.5 Å². The highest BCUT2D eigenvalue weighted by Gasteiger charge is 2.11. The van der Waals surface area contributed by atoms with E-state index in [0.29, 0.717) is 6.10 Å². The number of rotatable bonds is 7. The van der Waals surface area contributed by atoms with Crippen molar-refractivity contribution < 1.29 is 4.74 Å². The molecule has 0 amide bonds. The number of allylic oxidation sites excluding steroid dienone is 4. The number of unbranched alkanes of at least 4 members (excludes halogenated alkanes) is 3. The third kappa shape index (κ3) is 5.05. The van der Waals surface area contributed by atoms with Gasteiger partial charge in [-0.3, -0.25) is 0 Å². The van der Waals surface area contributed by atoms with Gasteiger partial charge in [0.2, 0.25) is 0 Å². The normalized spacial score (nSPS) is 24.0. The minimum atomic E-state index is 0.476. The van der Waals surface area contributed by atoms with Crippen LogP contribution in [-0.2, 0) is 4.74 Å². The molecule has 0 aromatic rings. The van der Waals surface area contributed by atoms with E-state index in [9.17, 15) is 0 Å². The van der Waals surface area contributed by atoms with E-state index >= 15 is 0 Å². The highest BCUT2D eigenvalue weighted by Crippen LogP contribution is 2.17. The molecule has 0 spiro atoms. The van der Waals surface area contributed by atoms with Gasteiger partial charge in [0.05, 0.1) is 12.7 Å². The lowest BCUT2D eigenvalue weighted by Gasteiger charge is -2.23. The first-order valence-corrected chi connectivity index (χ1v) is 7.13. The van der Waals surface area contributed by atoms with Crippen LogP contribution in [0.5, 0.6) is 0 Å². The highest BCUT2D eigenvalue weighted by molar-refractivity contribution is 5.25. The molecule has 0 saturated carbocycles. The van der Waals surface area contributed by atoms with Crippen LogP contribution in [0.1, 0.15) is 44.9 Å². The van der Waals surface area contributed by atoms with Gasteiger partial charge in [0.1, 0.15) is 0 Å². The fraction of sp³-hybridized carbons (Fsp3) is 0.733. The van der Waals surface area contributed by atoms with Gasteiger partial charge < -0.3 is 10.1 Å². The largest absolute Gasteiger partial charge is 0.376 e. The summed E-state index contributed by atoms with van der Waals surface area (Å²) in [5.74, 6) is 0. The molecule has 1 N–H and O–H groups in total. The summed E-state index contributed by atoms with van der Waals surface area (Å²) < 4.78 is 5.69. The Bertz CT molecular complexity index is 264. The summed E-state index contributed by atoms with van der Waals surface area (Å²) in [6, 6.07) is 0. The number of morpholine rings is 1. The van der Waals surface area contributed by atoms with Gasteiger partial charge >= 0.3 is 0 Å². The first-order chi connectivity index (χ1) is 8.45. The zero-order valence-corrected chi connectivity index (χ0v) is 10.8. The molecule has 1 aliphatic carbocycles. The lowest BCUT2D eigenvalue weighted by atomic mass is 10.0. The summed E-state index contributed by atoms with van der Waals surface area (Å²) in [5, 5.41) is 3.38. The topological polar surface area (TPSA) is 21.3 Å². The molecular formula is C15H25NO. The SMILES string of the molecule is C1=CC(CCCCCCC2CNCCO2)=CC1. The molecule has 1 atom stereocenters. The molecule has 2 rings (SSSR count). The summed E-state index contributed by atoms with van der Waals surface area (Å²) in [7, 11) is 0. The molecule has 2 aliphatic rings. The van der Waals surface area contributed by atoms with Crippen molar-refractivity contribution in [1.29, 1.82) is 0 Å². The first-order valence-electron chi connectivity index (χ1n) is 7.13. The van der Waals surface area contributed by atoms with Crippen LogP contribution in [-0.4, -0.2) is 25.8 Å². The fourth-order valence-electron chi connectivity index (χ4n) is 2.55. The molecule has 1 aliphatic heterocycles. The lowest BCUT2D eigenvalue weighted by molar-refractivity contribution is 0.0220. The maximum atomic E-state index is 5.69. The Morgan fingerprint density at radius 1 is 1.24 bits per heavy atom. The Balaban J connectivity index is 1.42. The van der Waals surface area contributed by atoms with Crippen LogP contribution < -0.4 is 5.32 Å². The van der Waals surface area contributed by atoms with Crippen LogP contribution >= 0.6 is 0 Å². The van der Waals surface area contributed by atoms with Gasteiger partial charge in [-0.15, -0.1) is 0 Å². The molecule has 1 saturated heterocycles. The zero-order valence-electron chi connectivity index (χ0n) is 10.8. The van der Waals surface area contributed by atoms with Crippen molar-refractivity contribution >= 4 is 0 Å². The van der Waals surface area contributed by atoms with Gasteiger partial charge in [-0.05, 0) is 25.7 Å². The predicted molar refractivity (Wildman–Crippen MR) is 72.2 cm³/mol. The predicted octanol–water partition coefficient (Wildman–Crippen LogP) is 3.20. The summed E-state index contributed by atoms with van der Waals surface area (Å²) in [4.78, 5) is 0. The Kier molecular flexibility index (Phi) is 5.80. The Hall–Kier alpha value is -0.600. The maximum Gasteiger partial charge on any atom is 0.0700 e. The molecule has 0 radical (unpaired) electrons. The van der Waals surface area contributed by atoms with Crippen molar-refractivity contribution in [1.82, 2.24) is 5.32 Å². The molecule has 0 aromatic carbocycles. The molecule has 0 bridgehead atoms. The van der Waals surface area contributed by atoms with Gasteiger partial charge in [0, 0.05) is 13.1 Å². The second-order valence-corrected chi connectivity index (χ2v) is 5.07. The summed E-state index contributed by atoms with van der Waals surface area (Å²) in [5.41, 5.74) is 1.55. The van der Waals surface area contributed by atoms with Crippen LogP contribution in [0.25, 0.3) is 0 Å². The van der Waals surface area contributed by atoms with Crippen LogP contribution in [0.4, 0.5) is 0 Å². The molecule has 17 heavy (non-hydrogen) atoms. The van der Waals surface area contributed by atoms with Crippen LogP contribution in [0.2, 0.25) is 0 Å². The molecule has 96 valence electrons. The van der Waals surface area contributed by atoms with E-state index in [1.165, 1.54) is 38.5 Å². The molecule has 2 heteroatoms. The number of hydrogen-bond donors (Lipinski definition) is 1. The van der Waals surface area contributed by atoms with Crippen molar-refractivity contribution in [2.24, 2.45) is 0 Å². The van der Waals surface area contributed by atoms with Gasteiger partial charge in [-0.2, -0.15) is 0 Å². The second-order valence-electron chi connectivity index (χ2n) is 5.07. The van der Waals surface area contributed by atoms with Crippen molar-refractivity contribution in [2.75, 3.05) is 19.7 Å². The van der Waals surface area contributed by atoms with Crippen molar-refractivity contribution in [3.05, 3.63) is 23.8 Å². The molecule has 1 unspecified atom stereocenters. The summed E-state index contributed by atoms with van der Waals surface area (Å²) in [6.07, 6.45) is 16.4. The zero-order chi connectivity index (χ0) is 11.8. The third-order valence-electron chi connectivity index (χ3n) is 3.59. The van der Waals surface area contributed by atoms with E-state index in [4.69, 9.17) is 4.74 Å². The van der Waals surface area contributed by atoms with Gasteiger partial charge in [-0.25, -0.2) is 0 Å². The minimum absolute atomic E-state index is 0.476. The number of ether oxygens (including phenoxy) is 1. The molecule has 1 fully saturated rings. The van der Waals surface area contributed by atoms with E-state index in [0.717, 1.165) is 26.1 Å². The number of hydrogen-bond acceptors (Lipinski definition) is 2. The summed E-state index contributed by atoms with van der Waals surface area (Å²) >= 11 is 0. The maximum absolute atomic E-state index is 5.69. The number of nitrogens with one attached hydrogen (secondary N) is 1. The van der Waals surface area contributed by atoms with Gasteiger partial charge in [-0.1, -0.05) is 43.1 Å². The minimum Gasteiger partial charge on any atom is -0.376 e. The molecule has 0 aromatic heterocycles.